The predicted octanol–water partition coefficient (Wildman–Crippen LogP) is 3.99. The average Bonchev–Trinajstić information content (AvgIpc) is 3.20. The fraction of sp³-hybridized carbons (Fsp3) is 0.0909. The van der Waals surface area contributed by atoms with E-state index in [0.29, 0.717) is 17.1 Å². The van der Waals surface area contributed by atoms with Gasteiger partial charge in [-0.2, -0.15) is 4.68 Å². The Morgan fingerprint density at radius 1 is 0.966 bits per heavy atom. The van der Waals surface area contributed by atoms with Crippen LogP contribution in [0.3, 0.4) is 0 Å². The molecule has 0 spiro atoms. The fourth-order valence-corrected chi connectivity index (χ4v) is 3.13. The number of nitrogens with one attached hydrogen (secondary N) is 1. The lowest BCUT2D eigenvalue weighted by atomic mass is 10.1. The van der Waals surface area contributed by atoms with Gasteiger partial charge in [-0.05, 0) is 59.8 Å². The van der Waals surface area contributed by atoms with E-state index in [1.807, 2.05) is 97.7 Å². The van der Waals surface area contributed by atoms with Crippen LogP contribution in [0.4, 0.5) is 17.1 Å². The zero-order valence-corrected chi connectivity index (χ0v) is 16.1. The Kier molecular flexibility index (Phi) is 5.03. The molecule has 0 aliphatic rings. The number of amides is 1. The molecule has 7 nitrogen and oxygen atoms in total. The molecule has 0 bridgehead atoms. The molecule has 3 aromatic carbocycles. The van der Waals surface area contributed by atoms with Crippen LogP contribution in [0.1, 0.15) is 16.2 Å². The number of tetrazole rings is 1. The molecule has 0 atom stereocenters. The molecule has 0 radical (unpaired) electrons. The van der Waals surface area contributed by atoms with E-state index < -0.39 is 0 Å². The molecule has 0 aliphatic carbocycles. The molecule has 29 heavy (non-hydrogen) atoms. The van der Waals surface area contributed by atoms with Gasteiger partial charge >= 0.3 is 0 Å². The van der Waals surface area contributed by atoms with Crippen LogP contribution in [-0.2, 0) is 0 Å². The third kappa shape index (κ3) is 3.84. The number of hydrogen-bond donors (Lipinski definition) is 1. The minimum absolute atomic E-state index is 0.186. The van der Waals surface area contributed by atoms with E-state index in [-0.39, 0.29) is 5.91 Å². The van der Waals surface area contributed by atoms with Gasteiger partial charge < -0.3 is 10.2 Å². The summed E-state index contributed by atoms with van der Waals surface area (Å²) >= 11 is 0. The van der Waals surface area contributed by atoms with E-state index in [9.17, 15) is 4.79 Å². The van der Waals surface area contributed by atoms with Crippen LogP contribution in [0.5, 0.6) is 0 Å². The second-order valence-electron chi connectivity index (χ2n) is 6.55. The van der Waals surface area contributed by atoms with Crippen LogP contribution in [0.2, 0.25) is 0 Å². The third-order valence-electron chi connectivity index (χ3n) is 4.63. The van der Waals surface area contributed by atoms with Gasteiger partial charge in [-0.3, -0.25) is 4.79 Å². The van der Waals surface area contributed by atoms with Gasteiger partial charge in [0.15, 0.2) is 5.82 Å². The maximum atomic E-state index is 13.1. The minimum Gasteiger partial charge on any atom is -0.344 e. The van der Waals surface area contributed by atoms with Gasteiger partial charge in [0.2, 0.25) is 0 Å². The zero-order chi connectivity index (χ0) is 20.2. The molecule has 0 aliphatic heterocycles. The highest BCUT2D eigenvalue weighted by molar-refractivity contribution is 6.08. The standard InChI is InChI=1S/C22H20N6O/c1-16-24-25-26-28(16)19-12-8-9-17(15-19)23-22(29)20-13-6-7-14-21(20)27(2)18-10-4-3-5-11-18/h3-15H,1-2H3,(H,23,29). The summed E-state index contributed by atoms with van der Waals surface area (Å²) in [7, 11) is 1.95. The molecule has 0 saturated carbocycles. The number of anilines is 3. The maximum absolute atomic E-state index is 13.1. The molecule has 0 saturated heterocycles. The van der Waals surface area contributed by atoms with Crippen molar-refractivity contribution in [2.45, 2.75) is 6.92 Å². The van der Waals surface area contributed by atoms with Crippen molar-refractivity contribution >= 4 is 23.0 Å². The number of carbonyl (C=O) groups excluding carboxylic acids is 1. The normalized spacial score (nSPS) is 10.6. The summed E-state index contributed by atoms with van der Waals surface area (Å²) in [4.78, 5) is 15.0. The first-order valence-corrected chi connectivity index (χ1v) is 9.18. The molecule has 0 unspecified atom stereocenters. The van der Waals surface area contributed by atoms with E-state index >= 15 is 0 Å². The first kappa shape index (κ1) is 18.4. The molecule has 1 heterocycles. The van der Waals surface area contributed by atoms with E-state index in [2.05, 4.69) is 20.8 Å². The molecule has 1 N–H and O–H groups in total. The van der Waals surface area contributed by atoms with Crippen molar-refractivity contribution in [1.29, 1.82) is 0 Å². The fourth-order valence-electron chi connectivity index (χ4n) is 3.13. The SMILES string of the molecule is Cc1nnnn1-c1cccc(NC(=O)c2ccccc2N(C)c2ccccc2)c1. The lowest BCUT2D eigenvalue weighted by molar-refractivity contribution is 0.102. The third-order valence-corrected chi connectivity index (χ3v) is 4.63. The number of hydrogen-bond acceptors (Lipinski definition) is 5. The maximum Gasteiger partial charge on any atom is 0.257 e. The Bertz CT molecular complexity index is 1140. The summed E-state index contributed by atoms with van der Waals surface area (Å²) in [6.45, 7) is 1.82. The lowest BCUT2D eigenvalue weighted by Gasteiger charge is -2.22. The molecular formula is C22H20N6O. The average molecular weight is 384 g/mol. The topological polar surface area (TPSA) is 75.9 Å². The summed E-state index contributed by atoms with van der Waals surface area (Å²) in [6.07, 6.45) is 0. The molecule has 4 rings (SSSR count). The number of carbonyl (C=O) groups is 1. The van der Waals surface area contributed by atoms with Gasteiger partial charge in [0.05, 0.1) is 16.9 Å². The van der Waals surface area contributed by atoms with Crippen LogP contribution in [-0.4, -0.2) is 33.2 Å². The highest BCUT2D eigenvalue weighted by atomic mass is 16.1. The Morgan fingerprint density at radius 2 is 1.72 bits per heavy atom. The Balaban J connectivity index is 1.61. The molecule has 0 fully saturated rings. The van der Waals surface area contributed by atoms with Crippen LogP contribution < -0.4 is 10.2 Å². The van der Waals surface area contributed by atoms with E-state index in [0.717, 1.165) is 17.1 Å². The predicted molar refractivity (Wildman–Crippen MR) is 113 cm³/mol. The highest BCUT2D eigenvalue weighted by Gasteiger charge is 2.15. The van der Waals surface area contributed by atoms with Crippen molar-refractivity contribution in [2.75, 3.05) is 17.3 Å². The molecule has 4 aromatic rings. The number of para-hydroxylation sites is 2. The van der Waals surface area contributed by atoms with Crippen LogP contribution in [0.15, 0.2) is 78.9 Å². The van der Waals surface area contributed by atoms with Gasteiger partial charge in [0.1, 0.15) is 0 Å². The van der Waals surface area contributed by atoms with Crippen molar-refractivity contribution < 1.29 is 4.79 Å². The van der Waals surface area contributed by atoms with Crippen LogP contribution in [0, 0.1) is 6.92 Å². The van der Waals surface area contributed by atoms with Crippen molar-refractivity contribution in [3.8, 4) is 5.69 Å². The van der Waals surface area contributed by atoms with E-state index in [1.165, 1.54) is 0 Å². The van der Waals surface area contributed by atoms with Crippen molar-refractivity contribution in [3.05, 3.63) is 90.3 Å². The quantitative estimate of drug-likeness (QED) is 0.563. The number of rotatable bonds is 5. The van der Waals surface area contributed by atoms with Crippen molar-refractivity contribution in [3.63, 3.8) is 0 Å². The highest BCUT2D eigenvalue weighted by Crippen LogP contribution is 2.27. The van der Waals surface area contributed by atoms with E-state index in [1.54, 1.807) is 4.68 Å². The summed E-state index contributed by atoms with van der Waals surface area (Å²) in [5.41, 5.74) is 3.86. The second-order valence-corrected chi connectivity index (χ2v) is 6.55. The zero-order valence-electron chi connectivity index (χ0n) is 16.1. The Labute approximate surface area is 168 Å². The van der Waals surface area contributed by atoms with Gasteiger partial charge in [-0.15, -0.1) is 5.10 Å². The Morgan fingerprint density at radius 3 is 2.48 bits per heavy atom. The molecular weight excluding hydrogens is 364 g/mol. The Hall–Kier alpha value is -4.00. The summed E-state index contributed by atoms with van der Waals surface area (Å²) in [5, 5.41) is 14.5. The summed E-state index contributed by atoms with van der Waals surface area (Å²) < 4.78 is 1.62. The van der Waals surface area contributed by atoms with Crippen molar-refractivity contribution in [2.24, 2.45) is 0 Å². The molecule has 1 amide bonds. The van der Waals surface area contributed by atoms with Gasteiger partial charge in [-0.1, -0.05) is 36.4 Å². The molecule has 1 aromatic heterocycles. The monoisotopic (exact) mass is 384 g/mol. The largest absolute Gasteiger partial charge is 0.344 e. The number of nitrogens with zero attached hydrogens (tertiary/aromatic N) is 5. The smallest absolute Gasteiger partial charge is 0.257 e. The number of benzene rings is 3. The molecule has 7 heteroatoms. The number of aryl methyl sites for hydroxylation is 1. The van der Waals surface area contributed by atoms with Gasteiger partial charge in [-0.25, -0.2) is 0 Å². The minimum atomic E-state index is -0.186. The van der Waals surface area contributed by atoms with Crippen LogP contribution in [0.25, 0.3) is 5.69 Å². The van der Waals surface area contributed by atoms with Gasteiger partial charge in [0.25, 0.3) is 5.91 Å². The first-order chi connectivity index (χ1) is 14.1. The summed E-state index contributed by atoms with van der Waals surface area (Å²) in [6, 6.07) is 24.9. The van der Waals surface area contributed by atoms with Gasteiger partial charge in [0, 0.05) is 18.4 Å². The van der Waals surface area contributed by atoms with E-state index in [4.69, 9.17) is 0 Å². The number of aromatic nitrogens is 4. The summed E-state index contributed by atoms with van der Waals surface area (Å²) in [5.74, 6) is 0.484. The second kappa shape index (κ2) is 7.93. The first-order valence-electron chi connectivity index (χ1n) is 9.18. The lowest BCUT2D eigenvalue weighted by Crippen LogP contribution is -2.18. The van der Waals surface area contributed by atoms with Crippen LogP contribution >= 0.6 is 0 Å². The van der Waals surface area contributed by atoms with Crippen molar-refractivity contribution in [1.82, 2.24) is 20.2 Å². The molecule has 144 valence electrons.